The van der Waals surface area contributed by atoms with Gasteiger partial charge in [0.15, 0.2) is 0 Å². The van der Waals surface area contributed by atoms with Gasteiger partial charge in [-0.15, -0.1) is 0 Å². The predicted octanol–water partition coefficient (Wildman–Crippen LogP) is 1.35. The lowest BCUT2D eigenvalue weighted by molar-refractivity contribution is -0.122. The number of anilines is 1. The van der Waals surface area contributed by atoms with Crippen molar-refractivity contribution >= 4 is 11.7 Å². The third-order valence-electron chi connectivity index (χ3n) is 3.65. The molecule has 0 radical (unpaired) electrons. The van der Waals surface area contributed by atoms with Gasteiger partial charge >= 0.3 is 0 Å². The second-order valence-corrected chi connectivity index (χ2v) is 5.15. The standard InChI is InChI=1S/C14H18N4O/c1-9-5-11(7-15)6-13(17-9)18-8-12(14(16)19)4-3-10(18)2/h5-6,10,12H,3-4,8H2,1-2H3,(H2,16,19). The van der Waals surface area contributed by atoms with Crippen molar-refractivity contribution in [2.24, 2.45) is 11.7 Å². The second-order valence-electron chi connectivity index (χ2n) is 5.15. The molecule has 0 aromatic carbocycles. The van der Waals surface area contributed by atoms with Gasteiger partial charge in [0.25, 0.3) is 0 Å². The average Bonchev–Trinajstić information content (AvgIpc) is 2.38. The zero-order valence-electron chi connectivity index (χ0n) is 11.3. The molecular formula is C14H18N4O. The van der Waals surface area contributed by atoms with Gasteiger partial charge in [-0.25, -0.2) is 4.98 Å². The number of carbonyl (C=O) groups excluding carboxylic acids is 1. The normalized spacial score (nSPS) is 22.9. The number of aryl methyl sites for hydroxylation is 1. The summed E-state index contributed by atoms with van der Waals surface area (Å²) in [5.74, 6) is 0.365. The molecule has 0 saturated carbocycles. The lowest BCUT2D eigenvalue weighted by Gasteiger charge is -2.37. The van der Waals surface area contributed by atoms with Crippen molar-refractivity contribution in [3.8, 4) is 6.07 Å². The van der Waals surface area contributed by atoms with E-state index in [1.54, 1.807) is 12.1 Å². The molecule has 1 aliphatic rings. The number of amides is 1. The number of piperidine rings is 1. The van der Waals surface area contributed by atoms with Gasteiger partial charge in [0.05, 0.1) is 17.6 Å². The molecule has 2 heterocycles. The fourth-order valence-electron chi connectivity index (χ4n) is 2.52. The number of nitrogens with two attached hydrogens (primary N) is 1. The van der Waals surface area contributed by atoms with Gasteiger partial charge < -0.3 is 10.6 Å². The highest BCUT2D eigenvalue weighted by Crippen LogP contribution is 2.27. The molecule has 1 aromatic heterocycles. The van der Waals surface area contributed by atoms with Crippen LogP contribution in [0.5, 0.6) is 0 Å². The third kappa shape index (κ3) is 2.84. The predicted molar refractivity (Wildman–Crippen MR) is 72.4 cm³/mol. The molecule has 0 aliphatic carbocycles. The topological polar surface area (TPSA) is 83.0 Å². The van der Waals surface area contributed by atoms with E-state index in [2.05, 4.69) is 22.9 Å². The van der Waals surface area contributed by atoms with E-state index in [0.717, 1.165) is 24.4 Å². The molecule has 2 rings (SSSR count). The van der Waals surface area contributed by atoms with Crippen LogP contribution in [0.1, 0.15) is 31.0 Å². The van der Waals surface area contributed by atoms with Gasteiger partial charge in [-0.3, -0.25) is 4.79 Å². The first-order valence-electron chi connectivity index (χ1n) is 6.46. The van der Waals surface area contributed by atoms with Crippen LogP contribution in [0.25, 0.3) is 0 Å². The van der Waals surface area contributed by atoms with E-state index in [0.29, 0.717) is 18.2 Å². The molecule has 0 bridgehead atoms. The first-order valence-corrected chi connectivity index (χ1v) is 6.46. The summed E-state index contributed by atoms with van der Waals surface area (Å²) in [5.41, 5.74) is 6.80. The summed E-state index contributed by atoms with van der Waals surface area (Å²) in [6.07, 6.45) is 1.73. The maximum atomic E-state index is 11.4. The fraction of sp³-hybridized carbons (Fsp3) is 0.500. The average molecular weight is 258 g/mol. The van der Waals surface area contributed by atoms with Crippen molar-refractivity contribution in [3.63, 3.8) is 0 Å². The zero-order chi connectivity index (χ0) is 14.0. The molecule has 2 unspecified atom stereocenters. The fourth-order valence-corrected chi connectivity index (χ4v) is 2.52. The quantitative estimate of drug-likeness (QED) is 0.868. The Balaban J connectivity index is 2.31. The summed E-state index contributed by atoms with van der Waals surface area (Å²) < 4.78 is 0. The summed E-state index contributed by atoms with van der Waals surface area (Å²) in [7, 11) is 0. The Kier molecular flexibility index (Phi) is 3.70. The smallest absolute Gasteiger partial charge is 0.222 e. The van der Waals surface area contributed by atoms with Gasteiger partial charge in [0, 0.05) is 18.3 Å². The summed E-state index contributed by atoms with van der Waals surface area (Å²) >= 11 is 0. The van der Waals surface area contributed by atoms with Crippen molar-refractivity contribution in [1.29, 1.82) is 5.26 Å². The maximum absolute atomic E-state index is 11.4. The van der Waals surface area contributed by atoms with Crippen LogP contribution in [-0.4, -0.2) is 23.5 Å². The van der Waals surface area contributed by atoms with E-state index in [-0.39, 0.29) is 11.8 Å². The number of primary amides is 1. The molecule has 5 nitrogen and oxygen atoms in total. The molecule has 5 heteroatoms. The van der Waals surface area contributed by atoms with Crippen LogP contribution in [0, 0.1) is 24.2 Å². The molecule has 1 amide bonds. The minimum atomic E-state index is -0.259. The summed E-state index contributed by atoms with van der Waals surface area (Å²) in [6.45, 7) is 4.55. The number of pyridine rings is 1. The van der Waals surface area contributed by atoms with Gasteiger partial charge in [-0.05, 0) is 38.8 Å². The Hall–Kier alpha value is -2.09. The third-order valence-corrected chi connectivity index (χ3v) is 3.65. The first-order chi connectivity index (χ1) is 9.01. The highest BCUT2D eigenvalue weighted by Gasteiger charge is 2.29. The van der Waals surface area contributed by atoms with Gasteiger partial charge in [0.1, 0.15) is 5.82 Å². The Bertz CT molecular complexity index is 535. The summed E-state index contributed by atoms with van der Waals surface area (Å²) in [4.78, 5) is 17.9. The van der Waals surface area contributed by atoms with Crippen LogP contribution >= 0.6 is 0 Å². The minimum absolute atomic E-state index is 0.135. The summed E-state index contributed by atoms with van der Waals surface area (Å²) in [5, 5.41) is 9.02. The molecule has 1 saturated heterocycles. The summed E-state index contributed by atoms with van der Waals surface area (Å²) in [6, 6.07) is 5.96. The van der Waals surface area contributed by atoms with Crippen molar-refractivity contribution in [2.75, 3.05) is 11.4 Å². The maximum Gasteiger partial charge on any atom is 0.222 e. The minimum Gasteiger partial charge on any atom is -0.369 e. The number of nitriles is 1. The van der Waals surface area contributed by atoms with E-state index in [1.807, 2.05) is 6.92 Å². The molecule has 1 aromatic rings. The van der Waals surface area contributed by atoms with E-state index < -0.39 is 0 Å². The van der Waals surface area contributed by atoms with Crippen molar-refractivity contribution < 1.29 is 4.79 Å². The highest BCUT2D eigenvalue weighted by atomic mass is 16.1. The van der Waals surface area contributed by atoms with E-state index >= 15 is 0 Å². The second kappa shape index (κ2) is 5.27. The van der Waals surface area contributed by atoms with Crippen molar-refractivity contribution in [1.82, 2.24) is 4.98 Å². The van der Waals surface area contributed by atoms with Gasteiger partial charge in [0.2, 0.25) is 5.91 Å². The monoisotopic (exact) mass is 258 g/mol. The first kappa shape index (κ1) is 13.3. The molecule has 1 fully saturated rings. The largest absolute Gasteiger partial charge is 0.369 e. The van der Waals surface area contributed by atoms with Crippen LogP contribution in [0.15, 0.2) is 12.1 Å². The van der Waals surface area contributed by atoms with Crippen LogP contribution in [0.4, 0.5) is 5.82 Å². The van der Waals surface area contributed by atoms with Gasteiger partial charge in [-0.2, -0.15) is 5.26 Å². The van der Waals surface area contributed by atoms with Crippen LogP contribution in [0.3, 0.4) is 0 Å². The number of hydrogen-bond donors (Lipinski definition) is 1. The molecule has 100 valence electrons. The molecule has 19 heavy (non-hydrogen) atoms. The SMILES string of the molecule is Cc1cc(C#N)cc(N2CC(C(N)=O)CCC2C)n1. The lowest BCUT2D eigenvalue weighted by Crippen LogP contribution is -2.46. The number of hydrogen-bond acceptors (Lipinski definition) is 4. The number of carbonyl (C=O) groups is 1. The van der Waals surface area contributed by atoms with Crippen molar-refractivity contribution in [2.45, 2.75) is 32.7 Å². The Morgan fingerprint density at radius 3 is 2.89 bits per heavy atom. The Morgan fingerprint density at radius 1 is 1.53 bits per heavy atom. The van der Waals surface area contributed by atoms with E-state index in [4.69, 9.17) is 11.0 Å². The Morgan fingerprint density at radius 2 is 2.26 bits per heavy atom. The van der Waals surface area contributed by atoms with Crippen molar-refractivity contribution in [3.05, 3.63) is 23.4 Å². The molecule has 1 aliphatic heterocycles. The van der Waals surface area contributed by atoms with Gasteiger partial charge in [-0.1, -0.05) is 0 Å². The van der Waals surface area contributed by atoms with Crippen LogP contribution in [0.2, 0.25) is 0 Å². The lowest BCUT2D eigenvalue weighted by atomic mass is 9.93. The molecule has 0 spiro atoms. The van der Waals surface area contributed by atoms with E-state index in [9.17, 15) is 4.79 Å². The number of nitrogens with zero attached hydrogens (tertiary/aromatic N) is 3. The van der Waals surface area contributed by atoms with Crippen LogP contribution < -0.4 is 10.6 Å². The highest BCUT2D eigenvalue weighted by molar-refractivity contribution is 5.77. The number of aromatic nitrogens is 1. The molecule has 2 N–H and O–H groups in total. The zero-order valence-corrected chi connectivity index (χ0v) is 11.3. The van der Waals surface area contributed by atoms with Crippen LogP contribution in [-0.2, 0) is 4.79 Å². The molecule has 2 atom stereocenters. The number of rotatable bonds is 2. The Labute approximate surface area is 113 Å². The molecular weight excluding hydrogens is 240 g/mol. The van der Waals surface area contributed by atoms with E-state index in [1.165, 1.54) is 0 Å².